The van der Waals surface area contributed by atoms with Crippen LogP contribution in [0.3, 0.4) is 0 Å². The summed E-state index contributed by atoms with van der Waals surface area (Å²) in [5.41, 5.74) is 1.17. The van der Waals surface area contributed by atoms with Crippen LogP contribution in [-0.2, 0) is 9.53 Å². The van der Waals surface area contributed by atoms with Gasteiger partial charge in [0.1, 0.15) is 11.6 Å². The molecule has 2 aromatic heterocycles. The Hall–Kier alpha value is -2.21. The van der Waals surface area contributed by atoms with Gasteiger partial charge in [0.2, 0.25) is 5.91 Å². The minimum atomic E-state index is 0.0745. The number of fused-ring (bicyclic) bond motifs is 1. The van der Waals surface area contributed by atoms with Crippen LogP contribution in [0.5, 0.6) is 0 Å². The van der Waals surface area contributed by atoms with Crippen LogP contribution in [0.2, 0.25) is 0 Å². The Labute approximate surface area is 134 Å². The molecule has 23 heavy (non-hydrogen) atoms. The fourth-order valence-corrected chi connectivity index (χ4v) is 3.10. The molecule has 1 aliphatic heterocycles. The maximum absolute atomic E-state index is 12.0. The average molecular weight is 312 g/mol. The van der Waals surface area contributed by atoms with Gasteiger partial charge >= 0.3 is 0 Å². The highest BCUT2D eigenvalue weighted by atomic mass is 16.5. The van der Waals surface area contributed by atoms with E-state index in [2.05, 4.69) is 20.6 Å². The first-order valence-electron chi connectivity index (χ1n) is 8.11. The molecular weight excluding hydrogens is 292 g/mol. The first-order valence-corrected chi connectivity index (χ1v) is 8.11. The zero-order chi connectivity index (χ0) is 15.8. The highest BCUT2D eigenvalue weighted by molar-refractivity contribution is 5.98. The van der Waals surface area contributed by atoms with Crippen LogP contribution >= 0.6 is 0 Å². The van der Waals surface area contributed by atoms with E-state index in [1.54, 1.807) is 6.20 Å². The minimum Gasteiger partial charge on any atom is -0.381 e. The van der Waals surface area contributed by atoms with Gasteiger partial charge in [0.25, 0.3) is 0 Å². The summed E-state index contributed by atoms with van der Waals surface area (Å²) in [4.78, 5) is 20.9. The largest absolute Gasteiger partial charge is 0.381 e. The van der Waals surface area contributed by atoms with E-state index < -0.39 is 0 Å². The Morgan fingerprint density at radius 1 is 1.22 bits per heavy atom. The van der Waals surface area contributed by atoms with Crippen molar-refractivity contribution in [2.75, 3.05) is 30.9 Å². The number of amides is 1. The lowest BCUT2D eigenvalue weighted by Crippen LogP contribution is -2.14. The molecule has 1 unspecified atom stereocenters. The monoisotopic (exact) mass is 312 g/mol. The number of anilines is 2. The van der Waals surface area contributed by atoms with Crippen molar-refractivity contribution < 1.29 is 9.53 Å². The second kappa shape index (κ2) is 5.77. The van der Waals surface area contributed by atoms with Gasteiger partial charge in [-0.25, -0.2) is 9.97 Å². The van der Waals surface area contributed by atoms with Crippen molar-refractivity contribution in [3.8, 4) is 0 Å². The molecule has 0 spiro atoms. The van der Waals surface area contributed by atoms with Crippen molar-refractivity contribution >= 4 is 28.3 Å². The molecule has 1 amide bonds. The van der Waals surface area contributed by atoms with Crippen LogP contribution in [-0.4, -0.2) is 36.1 Å². The van der Waals surface area contributed by atoms with Gasteiger partial charge in [0.15, 0.2) is 0 Å². The number of nitrogens with zero attached hydrogens (tertiary/aromatic N) is 2. The van der Waals surface area contributed by atoms with E-state index in [0.29, 0.717) is 11.7 Å². The highest BCUT2D eigenvalue weighted by Crippen LogP contribution is 2.35. The maximum atomic E-state index is 12.0. The second-order valence-electron chi connectivity index (χ2n) is 6.25. The van der Waals surface area contributed by atoms with Gasteiger partial charge in [0, 0.05) is 43.3 Å². The van der Waals surface area contributed by atoms with Crippen LogP contribution < -0.4 is 10.6 Å². The molecule has 1 aliphatic carbocycles. The number of ether oxygens (including phenoxy) is 1. The van der Waals surface area contributed by atoms with Crippen molar-refractivity contribution in [1.29, 1.82) is 0 Å². The quantitative estimate of drug-likeness (QED) is 0.907. The summed E-state index contributed by atoms with van der Waals surface area (Å²) in [6, 6.07) is 1.96. The Morgan fingerprint density at radius 3 is 2.78 bits per heavy atom. The predicted octanol–water partition coefficient (Wildman–Crippen LogP) is 2.52. The van der Waals surface area contributed by atoms with E-state index in [1.165, 1.54) is 5.56 Å². The van der Waals surface area contributed by atoms with E-state index in [9.17, 15) is 4.79 Å². The zero-order valence-corrected chi connectivity index (χ0v) is 13.1. The molecule has 4 rings (SSSR count). The summed E-state index contributed by atoms with van der Waals surface area (Å²) < 4.78 is 5.52. The topological polar surface area (TPSA) is 76.1 Å². The predicted molar refractivity (Wildman–Crippen MR) is 88.6 cm³/mol. The van der Waals surface area contributed by atoms with E-state index >= 15 is 0 Å². The lowest BCUT2D eigenvalue weighted by atomic mass is 9.95. The minimum absolute atomic E-state index is 0.0745. The molecule has 1 saturated carbocycles. The first kappa shape index (κ1) is 14.4. The number of carbonyl (C=O) groups excluding carboxylic acids is 1. The molecule has 3 heterocycles. The lowest BCUT2D eigenvalue weighted by Gasteiger charge is -2.15. The number of aromatic nitrogens is 2. The van der Waals surface area contributed by atoms with Gasteiger partial charge in [-0.2, -0.15) is 0 Å². The van der Waals surface area contributed by atoms with Gasteiger partial charge in [-0.3, -0.25) is 4.79 Å². The lowest BCUT2D eigenvalue weighted by molar-refractivity contribution is -0.117. The molecule has 2 aromatic rings. The second-order valence-corrected chi connectivity index (χ2v) is 6.25. The van der Waals surface area contributed by atoms with Crippen LogP contribution in [0.25, 0.3) is 10.8 Å². The molecule has 1 saturated heterocycles. The van der Waals surface area contributed by atoms with E-state index in [1.807, 2.05) is 19.3 Å². The van der Waals surface area contributed by atoms with Gasteiger partial charge in [-0.05, 0) is 36.3 Å². The molecule has 120 valence electrons. The number of carbonyl (C=O) groups is 1. The van der Waals surface area contributed by atoms with Crippen LogP contribution in [0.15, 0.2) is 18.5 Å². The molecule has 0 bridgehead atoms. The molecule has 0 aromatic carbocycles. The average Bonchev–Trinajstić information content (AvgIpc) is 3.29. The molecule has 6 heteroatoms. The molecule has 2 N–H and O–H groups in total. The third kappa shape index (κ3) is 2.74. The molecule has 6 nitrogen and oxygen atoms in total. The number of hydrogen-bond donors (Lipinski definition) is 2. The number of nitrogens with one attached hydrogen (secondary N) is 2. The fourth-order valence-electron chi connectivity index (χ4n) is 3.10. The van der Waals surface area contributed by atoms with E-state index in [-0.39, 0.29) is 11.8 Å². The van der Waals surface area contributed by atoms with Gasteiger partial charge in [0.05, 0.1) is 6.61 Å². The summed E-state index contributed by atoms with van der Waals surface area (Å²) in [7, 11) is 1.85. The molecule has 2 aliphatic rings. The van der Waals surface area contributed by atoms with Crippen molar-refractivity contribution in [2.45, 2.75) is 25.2 Å². The number of pyridine rings is 2. The van der Waals surface area contributed by atoms with Crippen LogP contribution in [0.1, 0.15) is 30.7 Å². The SMILES string of the molecule is CNc1ncc(C2CCOC2)c2cc(NC(=O)C3CC3)ncc12. The molecule has 0 radical (unpaired) electrons. The van der Waals surface area contributed by atoms with Crippen molar-refractivity contribution in [1.82, 2.24) is 9.97 Å². The number of rotatable bonds is 4. The summed E-state index contributed by atoms with van der Waals surface area (Å²) in [6.45, 7) is 1.51. The Balaban J connectivity index is 1.76. The summed E-state index contributed by atoms with van der Waals surface area (Å²) in [5, 5.41) is 8.09. The normalized spacial score (nSPS) is 20.7. The first-order chi connectivity index (χ1) is 11.3. The van der Waals surface area contributed by atoms with Gasteiger partial charge in [-0.15, -0.1) is 0 Å². The summed E-state index contributed by atoms with van der Waals surface area (Å²) >= 11 is 0. The Morgan fingerprint density at radius 2 is 2.09 bits per heavy atom. The van der Waals surface area contributed by atoms with Gasteiger partial charge in [-0.1, -0.05) is 0 Å². The third-order valence-corrected chi connectivity index (χ3v) is 4.61. The third-order valence-electron chi connectivity index (χ3n) is 4.61. The standard InChI is InChI=1S/C17H20N4O2/c1-18-16-14-8-19-15(21-17(22)10-2-3-10)6-12(14)13(7-20-16)11-4-5-23-9-11/h6-8,10-11H,2-5,9H2,1H3,(H,18,20)(H,19,21,22). The fraction of sp³-hybridized carbons (Fsp3) is 0.471. The summed E-state index contributed by atoms with van der Waals surface area (Å²) in [6.07, 6.45) is 6.67. The number of hydrogen-bond acceptors (Lipinski definition) is 5. The van der Waals surface area contributed by atoms with Gasteiger partial charge < -0.3 is 15.4 Å². The van der Waals surface area contributed by atoms with Crippen molar-refractivity contribution in [3.63, 3.8) is 0 Å². The zero-order valence-electron chi connectivity index (χ0n) is 13.1. The van der Waals surface area contributed by atoms with Crippen molar-refractivity contribution in [3.05, 3.63) is 24.0 Å². The Bertz CT molecular complexity index is 752. The Kier molecular flexibility index (Phi) is 3.61. The van der Waals surface area contributed by atoms with Crippen molar-refractivity contribution in [2.24, 2.45) is 5.92 Å². The van der Waals surface area contributed by atoms with E-state index in [0.717, 1.165) is 49.1 Å². The molecular formula is C17H20N4O2. The highest BCUT2D eigenvalue weighted by Gasteiger charge is 2.30. The van der Waals surface area contributed by atoms with E-state index in [4.69, 9.17) is 4.74 Å². The molecule has 1 atom stereocenters. The van der Waals surface area contributed by atoms with Crippen LogP contribution in [0, 0.1) is 5.92 Å². The molecule has 2 fully saturated rings. The summed E-state index contributed by atoms with van der Waals surface area (Å²) in [5.74, 6) is 2.01. The maximum Gasteiger partial charge on any atom is 0.228 e. The smallest absolute Gasteiger partial charge is 0.228 e. The van der Waals surface area contributed by atoms with Crippen LogP contribution in [0.4, 0.5) is 11.6 Å².